The van der Waals surface area contributed by atoms with Crippen LogP contribution in [0.5, 0.6) is 0 Å². The van der Waals surface area contributed by atoms with Gasteiger partial charge in [0, 0.05) is 6.42 Å². The Bertz CT molecular complexity index is 765. The summed E-state index contributed by atoms with van der Waals surface area (Å²) >= 11 is 0. The third-order valence-electron chi connectivity index (χ3n) is 4.36. The average Bonchev–Trinajstić information content (AvgIpc) is 2.54. The molecule has 0 radical (unpaired) electrons. The highest BCUT2D eigenvalue weighted by Crippen LogP contribution is 2.34. The van der Waals surface area contributed by atoms with Gasteiger partial charge in [0.05, 0.1) is 12.2 Å². The molecule has 1 atom stereocenters. The van der Waals surface area contributed by atoms with Crippen molar-refractivity contribution in [2.45, 2.75) is 45.3 Å². The summed E-state index contributed by atoms with van der Waals surface area (Å²) in [5, 5.41) is 0. The number of hydrogen-bond acceptors (Lipinski definition) is 1. The van der Waals surface area contributed by atoms with Crippen LogP contribution >= 0.6 is 0 Å². The molecule has 3 rings (SSSR count). The van der Waals surface area contributed by atoms with Crippen LogP contribution in [0.4, 0.5) is 22.0 Å². The molecule has 1 nitrogen and oxygen atoms in total. The summed E-state index contributed by atoms with van der Waals surface area (Å²) in [6.45, 7) is 1.68. The largest absolute Gasteiger partial charge is 0.367 e. The van der Waals surface area contributed by atoms with Crippen LogP contribution < -0.4 is 0 Å². The number of hydrogen-bond donors (Lipinski definition) is 0. The molecule has 0 amide bonds. The van der Waals surface area contributed by atoms with Crippen molar-refractivity contribution >= 4 is 0 Å². The quantitative estimate of drug-likeness (QED) is 0.664. The molecule has 1 unspecified atom stereocenters. The van der Waals surface area contributed by atoms with Crippen LogP contribution in [0.25, 0.3) is 11.1 Å². The molecule has 2 aromatic carbocycles. The van der Waals surface area contributed by atoms with Crippen molar-refractivity contribution in [1.82, 2.24) is 0 Å². The van der Waals surface area contributed by atoms with Gasteiger partial charge >= 0.3 is 0 Å². The zero-order valence-corrected chi connectivity index (χ0v) is 13.6. The Morgan fingerprint density at radius 3 is 2.32 bits per heavy atom. The van der Waals surface area contributed by atoms with Gasteiger partial charge in [-0.2, -0.15) is 0 Å². The van der Waals surface area contributed by atoms with E-state index in [0.717, 1.165) is 12.5 Å². The molecule has 1 aliphatic heterocycles. The molecule has 0 N–H and O–H groups in total. The number of halogens is 5. The Labute approximate surface area is 142 Å². The Hall–Kier alpha value is -1.95. The van der Waals surface area contributed by atoms with Gasteiger partial charge in [-0.25, -0.2) is 22.0 Å². The van der Waals surface area contributed by atoms with Gasteiger partial charge in [-0.1, -0.05) is 13.3 Å². The van der Waals surface area contributed by atoms with Crippen LogP contribution in [-0.2, 0) is 24.2 Å². The molecule has 0 fully saturated rings. The number of fused-ring (bicyclic) bond motifs is 1. The molecule has 0 aliphatic carbocycles. The molecule has 134 valence electrons. The molecule has 0 saturated carbocycles. The molecular formula is C19H17F5O. The van der Waals surface area contributed by atoms with Gasteiger partial charge in [0.15, 0.2) is 0 Å². The fourth-order valence-corrected chi connectivity index (χ4v) is 3.15. The number of ether oxygens (including phenoxy) is 1. The lowest BCUT2D eigenvalue weighted by atomic mass is 9.93. The third kappa shape index (κ3) is 3.54. The van der Waals surface area contributed by atoms with E-state index in [2.05, 4.69) is 0 Å². The first-order valence-electron chi connectivity index (χ1n) is 8.10. The number of rotatable bonds is 4. The second kappa shape index (κ2) is 7.12. The lowest BCUT2D eigenvalue weighted by molar-refractivity contribution is -0.0708. The summed E-state index contributed by atoms with van der Waals surface area (Å²) in [5.74, 6) is -2.30. The summed E-state index contributed by atoms with van der Waals surface area (Å²) in [5.41, 5.74) is 0.695. The number of benzene rings is 2. The molecule has 0 bridgehead atoms. The molecule has 2 aromatic rings. The van der Waals surface area contributed by atoms with Crippen molar-refractivity contribution in [1.29, 1.82) is 0 Å². The smallest absolute Gasteiger partial charge is 0.264 e. The van der Waals surface area contributed by atoms with Crippen molar-refractivity contribution in [3.05, 3.63) is 58.4 Å². The zero-order valence-electron chi connectivity index (χ0n) is 13.6. The monoisotopic (exact) mass is 356 g/mol. The highest BCUT2D eigenvalue weighted by molar-refractivity contribution is 5.67. The Balaban J connectivity index is 2.02. The minimum Gasteiger partial charge on any atom is -0.367 e. The van der Waals surface area contributed by atoms with Crippen molar-refractivity contribution in [2.75, 3.05) is 0 Å². The summed E-state index contributed by atoms with van der Waals surface area (Å²) in [4.78, 5) is 0. The normalized spacial score (nSPS) is 17.0. The molecule has 6 heteroatoms. The van der Waals surface area contributed by atoms with Crippen LogP contribution in [0.2, 0.25) is 0 Å². The van der Waals surface area contributed by atoms with Gasteiger partial charge in [0.2, 0.25) is 0 Å². The van der Waals surface area contributed by atoms with E-state index < -0.39 is 30.0 Å². The summed E-state index contributed by atoms with van der Waals surface area (Å²) in [6, 6.07) is 4.87. The van der Waals surface area contributed by atoms with E-state index in [9.17, 15) is 22.0 Å². The van der Waals surface area contributed by atoms with Crippen molar-refractivity contribution in [3.63, 3.8) is 0 Å². The number of aryl methyl sites for hydroxylation is 1. The van der Waals surface area contributed by atoms with Crippen LogP contribution in [0, 0.1) is 17.5 Å². The van der Waals surface area contributed by atoms with E-state index in [1.54, 1.807) is 0 Å². The summed E-state index contributed by atoms with van der Waals surface area (Å²) in [7, 11) is 0. The first-order valence-corrected chi connectivity index (χ1v) is 8.10. The fourth-order valence-electron chi connectivity index (χ4n) is 3.15. The van der Waals surface area contributed by atoms with E-state index in [1.807, 2.05) is 6.92 Å². The SMILES string of the molecule is CCCc1cc(F)c(-c2cc(F)c3c(c2)COC(C(F)F)C3)c(F)c1. The fraction of sp³-hybridized carbons (Fsp3) is 0.368. The predicted octanol–water partition coefficient (Wildman–Crippen LogP) is 5.43. The second-order valence-corrected chi connectivity index (χ2v) is 6.17. The molecule has 0 aromatic heterocycles. The summed E-state index contributed by atoms with van der Waals surface area (Å²) in [6.07, 6.45) is -3.06. The molecule has 25 heavy (non-hydrogen) atoms. The predicted molar refractivity (Wildman–Crippen MR) is 84.0 cm³/mol. The first kappa shape index (κ1) is 17.9. The maximum absolute atomic E-state index is 14.4. The lowest BCUT2D eigenvalue weighted by Gasteiger charge is -2.25. The van der Waals surface area contributed by atoms with E-state index in [4.69, 9.17) is 4.74 Å². The second-order valence-electron chi connectivity index (χ2n) is 6.17. The highest BCUT2D eigenvalue weighted by atomic mass is 19.3. The van der Waals surface area contributed by atoms with Crippen LogP contribution in [0.15, 0.2) is 24.3 Å². The third-order valence-corrected chi connectivity index (χ3v) is 4.36. The van der Waals surface area contributed by atoms with Crippen LogP contribution in [0.3, 0.4) is 0 Å². The zero-order chi connectivity index (χ0) is 18.1. The van der Waals surface area contributed by atoms with Crippen molar-refractivity contribution in [2.24, 2.45) is 0 Å². The van der Waals surface area contributed by atoms with E-state index >= 15 is 0 Å². The Morgan fingerprint density at radius 1 is 1.04 bits per heavy atom. The standard InChI is InChI=1S/C19H17F5O/c1-2-3-10-4-15(21)18(16(22)5-10)11-6-12-9-25-17(19(23)24)8-13(12)14(20)7-11/h4-7,17,19H,2-3,8-9H2,1H3. The molecule has 1 aliphatic rings. The average molecular weight is 356 g/mol. The number of alkyl halides is 2. The van der Waals surface area contributed by atoms with Gasteiger partial charge in [-0.3, -0.25) is 0 Å². The van der Waals surface area contributed by atoms with Crippen LogP contribution in [0.1, 0.15) is 30.0 Å². The highest BCUT2D eigenvalue weighted by Gasteiger charge is 2.29. The Morgan fingerprint density at radius 2 is 1.72 bits per heavy atom. The minimum atomic E-state index is -2.71. The van der Waals surface area contributed by atoms with Gasteiger partial charge < -0.3 is 4.74 Å². The molecular weight excluding hydrogens is 339 g/mol. The lowest BCUT2D eigenvalue weighted by Crippen LogP contribution is -2.29. The minimum absolute atomic E-state index is 0.0356. The van der Waals surface area contributed by atoms with Gasteiger partial charge in [-0.05, 0) is 52.9 Å². The Kier molecular flexibility index (Phi) is 5.08. The van der Waals surface area contributed by atoms with Gasteiger partial charge in [-0.15, -0.1) is 0 Å². The van der Waals surface area contributed by atoms with Gasteiger partial charge in [0.25, 0.3) is 6.43 Å². The topological polar surface area (TPSA) is 9.23 Å². The van der Waals surface area contributed by atoms with Crippen molar-refractivity contribution < 1.29 is 26.7 Å². The maximum Gasteiger partial charge on any atom is 0.264 e. The van der Waals surface area contributed by atoms with Crippen molar-refractivity contribution in [3.8, 4) is 11.1 Å². The van der Waals surface area contributed by atoms with E-state index in [0.29, 0.717) is 17.5 Å². The van der Waals surface area contributed by atoms with E-state index in [-0.39, 0.29) is 29.7 Å². The van der Waals surface area contributed by atoms with E-state index in [1.165, 1.54) is 18.2 Å². The maximum atomic E-state index is 14.4. The van der Waals surface area contributed by atoms with Crippen LogP contribution in [-0.4, -0.2) is 12.5 Å². The molecule has 0 saturated heterocycles. The first-order chi connectivity index (χ1) is 11.9. The van der Waals surface area contributed by atoms with Gasteiger partial charge in [0.1, 0.15) is 23.6 Å². The molecule has 0 spiro atoms. The summed E-state index contributed by atoms with van der Waals surface area (Å²) < 4.78 is 73.6. The molecule has 1 heterocycles.